The van der Waals surface area contributed by atoms with Gasteiger partial charge in [0, 0.05) is 45.4 Å². The van der Waals surface area contributed by atoms with Crippen LogP contribution in [0.3, 0.4) is 0 Å². The molecule has 10 heteroatoms. The maximum absolute atomic E-state index is 14.4. The number of hydrogen-bond acceptors (Lipinski definition) is 5. The van der Waals surface area contributed by atoms with Crippen LogP contribution in [0.25, 0.3) is 17.0 Å². The number of para-hydroxylation sites is 1. The third kappa shape index (κ3) is 4.50. The molecular formula is C26H17ClFN3O4S. The number of carbonyl (C=O) groups excluding carboxylic acids is 2. The van der Waals surface area contributed by atoms with Crippen LogP contribution in [-0.4, -0.2) is 25.5 Å². The molecule has 0 N–H and O–H groups in total. The fraction of sp³-hybridized carbons (Fsp3) is 0.0769. The van der Waals surface area contributed by atoms with Crippen LogP contribution in [0.15, 0.2) is 77.8 Å². The Morgan fingerprint density at radius 2 is 1.75 bits per heavy atom. The monoisotopic (exact) mass is 521 g/mol. The van der Waals surface area contributed by atoms with E-state index in [1.807, 2.05) is 28.8 Å². The van der Waals surface area contributed by atoms with E-state index in [-0.39, 0.29) is 23.7 Å². The Bertz CT molecular complexity index is 1550. The normalized spacial score (nSPS) is 14.8. The molecule has 0 saturated carbocycles. The molecule has 0 atom stereocenters. The molecule has 3 aromatic carbocycles. The number of halogens is 2. The second-order valence-corrected chi connectivity index (χ2v) is 9.52. The zero-order valence-electron chi connectivity index (χ0n) is 18.6. The molecule has 36 heavy (non-hydrogen) atoms. The van der Waals surface area contributed by atoms with Crippen molar-refractivity contribution in [3.63, 3.8) is 0 Å². The summed E-state index contributed by atoms with van der Waals surface area (Å²) in [6.45, 7) is 0.203. The van der Waals surface area contributed by atoms with Crippen molar-refractivity contribution in [3.05, 3.63) is 115 Å². The molecule has 0 aliphatic carbocycles. The van der Waals surface area contributed by atoms with E-state index in [1.165, 1.54) is 30.3 Å². The van der Waals surface area contributed by atoms with Crippen molar-refractivity contribution in [2.24, 2.45) is 0 Å². The third-order valence-corrected chi connectivity index (χ3v) is 7.12. The van der Waals surface area contributed by atoms with Gasteiger partial charge in [-0.1, -0.05) is 48.0 Å². The lowest BCUT2D eigenvalue weighted by Crippen LogP contribution is -2.27. The number of nitro groups is 1. The molecule has 180 valence electrons. The Labute approximate surface area is 213 Å². The smallest absolute Gasteiger partial charge is 0.293 e. The second-order valence-electron chi connectivity index (χ2n) is 8.12. The zero-order valence-corrected chi connectivity index (χ0v) is 20.1. The summed E-state index contributed by atoms with van der Waals surface area (Å²) in [5.41, 5.74) is 2.42. The highest BCUT2D eigenvalue weighted by molar-refractivity contribution is 8.18. The highest BCUT2D eigenvalue weighted by atomic mass is 35.5. The number of nitro benzene ring substituents is 1. The van der Waals surface area contributed by atoms with Crippen LogP contribution in [0, 0.1) is 15.9 Å². The SMILES string of the molecule is O=C1S/C(=C/c2cn(Cc3c(F)cccc3Cl)c3ccccc23)C(=O)N1Cc1ccc([N+](=O)[O-])cc1. The zero-order chi connectivity index (χ0) is 25.4. The minimum Gasteiger partial charge on any atom is -0.342 e. The van der Waals surface area contributed by atoms with E-state index in [9.17, 15) is 24.1 Å². The molecule has 0 radical (unpaired) electrons. The number of aromatic nitrogens is 1. The van der Waals surface area contributed by atoms with Crippen LogP contribution in [-0.2, 0) is 17.9 Å². The molecule has 1 aromatic heterocycles. The van der Waals surface area contributed by atoms with Crippen LogP contribution in [0.1, 0.15) is 16.7 Å². The molecule has 1 saturated heterocycles. The van der Waals surface area contributed by atoms with Crippen LogP contribution >= 0.6 is 23.4 Å². The summed E-state index contributed by atoms with van der Waals surface area (Å²) in [6.07, 6.45) is 3.46. The number of benzene rings is 3. The van der Waals surface area contributed by atoms with E-state index in [4.69, 9.17) is 11.6 Å². The number of rotatable bonds is 6. The highest BCUT2D eigenvalue weighted by Gasteiger charge is 2.35. The van der Waals surface area contributed by atoms with E-state index < -0.39 is 21.9 Å². The summed E-state index contributed by atoms with van der Waals surface area (Å²) in [5, 5.41) is 11.6. The van der Waals surface area contributed by atoms with Gasteiger partial charge < -0.3 is 4.57 Å². The molecule has 1 aliphatic heterocycles. The van der Waals surface area contributed by atoms with Crippen molar-refractivity contribution in [2.75, 3.05) is 0 Å². The molecule has 7 nitrogen and oxygen atoms in total. The van der Waals surface area contributed by atoms with E-state index in [0.29, 0.717) is 21.7 Å². The van der Waals surface area contributed by atoms with Gasteiger partial charge in [-0.25, -0.2) is 4.39 Å². The van der Waals surface area contributed by atoms with Gasteiger partial charge >= 0.3 is 0 Å². The highest BCUT2D eigenvalue weighted by Crippen LogP contribution is 2.35. The van der Waals surface area contributed by atoms with Gasteiger partial charge in [0.25, 0.3) is 16.8 Å². The Kier molecular flexibility index (Phi) is 6.34. The minimum atomic E-state index is -0.511. The molecule has 1 fully saturated rings. The predicted molar refractivity (Wildman–Crippen MR) is 137 cm³/mol. The fourth-order valence-electron chi connectivity index (χ4n) is 4.06. The summed E-state index contributed by atoms with van der Waals surface area (Å²) >= 11 is 7.06. The molecule has 5 rings (SSSR count). The van der Waals surface area contributed by atoms with Gasteiger partial charge in [-0.05, 0) is 41.6 Å². The number of thioether (sulfide) groups is 1. The first-order valence-electron chi connectivity index (χ1n) is 10.8. The molecule has 1 aliphatic rings. The van der Waals surface area contributed by atoms with Gasteiger partial charge in [0.05, 0.1) is 22.9 Å². The molecular weight excluding hydrogens is 505 g/mol. The summed E-state index contributed by atoms with van der Waals surface area (Å²) in [6, 6.07) is 17.8. The number of imide groups is 1. The number of non-ortho nitro benzene ring substituents is 1. The van der Waals surface area contributed by atoms with Gasteiger partial charge in [-0.2, -0.15) is 0 Å². The average molecular weight is 522 g/mol. The Morgan fingerprint density at radius 1 is 1.00 bits per heavy atom. The summed E-state index contributed by atoms with van der Waals surface area (Å²) in [4.78, 5) is 37.4. The molecule has 4 aromatic rings. The maximum Gasteiger partial charge on any atom is 0.293 e. The van der Waals surface area contributed by atoms with Crippen LogP contribution in [0.4, 0.5) is 14.9 Å². The average Bonchev–Trinajstić information content (AvgIpc) is 3.34. The second kappa shape index (κ2) is 9.60. The molecule has 0 bridgehead atoms. The van der Waals surface area contributed by atoms with E-state index in [0.717, 1.165) is 27.6 Å². The Hall–Kier alpha value is -3.95. The van der Waals surface area contributed by atoms with Crippen LogP contribution in [0.2, 0.25) is 5.02 Å². The first kappa shape index (κ1) is 23.8. The van der Waals surface area contributed by atoms with E-state index in [1.54, 1.807) is 24.4 Å². The van der Waals surface area contributed by atoms with E-state index >= 15 is 0 Å². The lowest BCUT2D eigenvalue weighted by atomic mass is 10.1. The van der Waals surface area contributed by atoms with Crippen molar-refractivity contribution in [3.8, 4) is 0 Å². The van der Waals surface area contributed by atoms with Gasteiger partial charge in [0.15, 0.2) is 0 Å². The van der Waals surface area contributed by atoms with Crippen LogP contribution < -0.4 is 0 Å². The van der Waals surface area contributed by atoms with Crippen LogP contribution in [0.5, 0.6) is 0 Å². The van der Waals surface area contributed by atoms with Crippen molar-refractivity contribution >= 4 is 57.2 Å². The Morgan fingerprint density at radius 3 is 2.47 bits per heavy atom. The van der Waals surface area contributed by atoms with Gasteiger partial charge in [-0.3, -0.25) is 24.6 Å². The number of hydrogen-bond donors (Lipinski definition) is 0. The van der Waals surface area contributed by atoms with E-state index in [2.05, 4.69) is 0 Å². The van der Waals surface area contributed by atoms with Gasteiger partial charge in [0.2, 0.25) is 0 Å². The lowest BCUT2D eigenvalue weighted by molar-refractivity contribution is -0.384. The van der Waals surface area contributed by atoms with Crippen molar-refractivity contribution in [2.45, 2.75) is 13.1 Å². The number of nitrogens with zero attached hydrogens (tertiary/aromatic N) is 3. The summed E-state index contributed by atoms with van der Waals surface area (Å²) < 4.78 is 16.3. The summed E-state index contributed by atoms with van der Waals surface area (Å²) in [5.74, 6) is -0.855. The van der Waals surface area contributed by atoms with Gasteiger partial charge in [-0.15, -0.1) is 0 Å². The maximum atomic E-state index is 14.4. The number of carbonyl (C=O) groups is 2. The van der Waals surface area contributed by atoms with Crippen molar-refractivity contribution in [1.82, 2.24) is 9.47 Å². The summed E-state index contributed by atoms with van der Waals surface area (Å²) in [7, 11) is 0. The fourth-order valence-corrected chi connectivity index (χ4v) is 5.11. The molecule has 2 heterocycles. The molecule has 0 spiro atoms. The first-order valence-corrected chi connectivity index (χ1v) is 12.0. The first-order chi connectivity index (χ1) is 17.3. The minimum absolute atomic E-state index is 0.00748. The largest absolute Gasteiger partial charge is 0.342 e. The Balaban J connectivity index is 1.44. The topological polar surface area (TPSA) is 85.5 Å². The quantitative estimate of drug-likeness (QED) is 0.161. The van der Waals surface area contributed by atoms with Crippen molar-refractivity contribution in [1.29, 1.82) is 0 Å². The van der Waals surface area contributed by atoms with Gasteiger partial charge in [0.1, 0.15) is 5.82 Å². The number of fused-ring (bicyclic) bond motifs is 1. The predicted octanol–water partition coefficient (Wildman–Crippen LogP) is 6.63. The lowest BCUT2D eigenvalue weighted by Gasteiger charge is -2.12. The molecule has 2 amide bonds. The number of amides is 2. The third-order valence-electron chi connectivity index (χ3n) is 5.86. The standard InChI is InChI=1S/C26H17ClFN3O4S/c27-21-5-3-6-22(28)20(21)15-29-14-17(19-4-1-2-7-23(19)29)12-24-25(32)30(26(33)36-24)13-16-8-10-18(11-9-16)31(34)35/h1-12,14H,13,15H2/b24-12+. The van der Waals surface area contributed by atoms with Crippen molar-refractivity contribution < 1.29 is 18.9 Å². The molecule has 0 unspecified atom stereocenters.